The lowest BCUT2D eigenvalue weighted by molar-refractivity contribution is 0.102. The average Bonchev–Trinajstić information content (AvgIpc) is 2.69. The SMILES string of the molecule is CC(C)NS(=O)(=O)c1cccc(C(=O)Nc2ccc(Oc3ncccn3)cc2)c1. The molecule has 9 heteroatoms. The molecule has 0 unspecified atom stereocenters. The van der Waals surface area contributed by atoms with Gasteiger partial charge in [0.2, 0.25) is 10.0 Å². The number of nitrogens with zero attached hydrogens (tertiary/aromatic N) is 2. The molecule has 0 saturated carbocycles. The summed E-state index contributed by atoms with van der Waals surface area (Å²) in [5.74, 6) is 0.0914. The molecule has 0 aliphatic heterocycles. The van der Waals surface area contributed by atoms with Crippen molar-refractivity contribution in [3.63, 3.8) is 0 Å². The van der Waals surface area contributed by atoms with Crippen LogP contribution in [-0.4, -0.2) is 30.3 Å². The summed E-state index contributed by atoms with van der Waals surface area (Å²) in [4.78, 5) is 20.5. The molecule has 2 aromatic carbocycles. The maximum Gasteiger partial charge on any atom is 0.321 e. The van der Waals surface area contributed by atoms with Crippen LogP contribution in [0.4, 0.5) is 5.69 Å². The number of anilines is 1. The number of rotatable bonds is 7. The minimum absolute atomic E-state index is 0.0328. The van der Waals surface area contributed by atoms with Crippen LogP contribution in [-0.2, 0) is 10.0 Å². The summed E-state index contributed by atoms with van der Waals surface area (Å²) < 4.78 is 32.6. The number of sulfonamides is 1. The molecular formula is C20H20N4O4S. The lowest BCUT2D eigenvalue weighted by Gasteiger charge is -2.11. The highest BCUT2D eigenvalue weighted by Crippen LogP contribution is 2.20. The molecule has 1 heterocycles. The maximum absolute atomic E-state index is 12.5. The quantitative estimate of drug-likeness (QED) is 0.617. The Balaban J connectivity index is 1.69. The molecule has 0 radical (unpaired) electrons. The van der Waals surface area contributed by atoms with Crippen LogP contribution in [0.3, 0.4) is 0 Å². The van der Waals surface area contributed by atoms with E-state index < -0.39 is 15.9 Å². The molecule has 1 amide bonds. The lowest BCUT2D eigenvalue weighted by atomic mass is 10.2. The van der Waals surface area contributed by atoms with Gasteiger partial charge in [-0.3, -0.25) is 4.79 Å². The second-order valence-electron chi connectivity index (χ2n) is 6.42. The predicted molar refractivity (Wildman–Crippen MR) is 108 cm³/mol. The minimum atomic E-state index is -3.68. The van der Waals surface area contributed by atoms with Gasteiger partial charge in [-0.25, -0.2) is 23.1 Å². The molecule has 0 saturated heterocycles. The topological polar surface area (TPSA) is 110 Å². The van der Waals surface area contributed by atoms with Crippen molar-refractivity contribution in [1.82, 2.24) is 14.7 Å². The highest BCUT2D eigenvalue weighted by molar-refractivity contribution is 7.89. The number of benzene rings is 2. The van der Waals surface area contributed by atoms with E-state index in [0.717, 1.165) is 0 Å². The van der Waals surface area contributed by atoms with Crippen molar-refractivity contribution in [2.45, 2.75) is 24.8 Å². The summed E-state index contributed by atoms with van der Waals surface area (Å²) in [5.41, 5.74) is 0.763. The third-order valence-corrected chi connectivity index (χ3v) is 5.32. The zero-order valence-corrected chi connectivity index (χ0v) is 16.7. The lowest BCUT2D eigenvalue weighted by Crippen LogP contribution is -2.30. The van der Waals surface area contributed by atoms with Gasteiger partial charge in [-0.2, -0.15) is 0 Å². The van der Waals surface area contributed by atoms with Gasteiger partial charge in [0.05, 0.1) is 4.90 Å². The van der Waals surface area contributed by atoms with Gasteiger partial charge < -0.3 is 10.1 Å². The molecular weight excluding hydrogens is 392 g/mol. The fourth-order valence-corrected chi connectivity index (χ4v) is 3.73. The number of aromatic nitrogens is 2. The van der Waals surface area contributed by atoms with Crippen molar-refractivity contribution in [3.8, 4) is 11.8 Å². The number of nitrogens with one attached hydrogen (secondary N) is 2. The molecule has 0 aliphatic carbocycles. The van der Waals surface area contributed by atoms with Gasteiger partial charge in [0, 0.05) is 29.7 Å². The molecule has 0 fully saturated rings. The minimum Gasteiger partial charge on any atom is -0.424 e. The zero-order valence-electron chi connectivity index (χ0n) is 15.9. The van der Waals surface area contributed by atoms with E-state index in [0.29, 0.717) is 11.4 Å². The van der Waals surface area contributed by atoms with E-state index in [9.17, 15) is 13.2 Å². The van der Waals surface area contributed by atoms with E-state index in [1.807, 2.05) is 0 Å². The van der Waals surface area contributed by atoms with E-state index in [2.05, 4.69) is 20.0 Å². The van der Waals surface area contributed by atoms with E-state index in [-0.39, 0.29) is 22.5 Å². The highest BCUT2D eigenvalue weighted by Gasteiger charge is 2.17. The third kappa shape index (κ3) is 5.59. The van der Waals surface area contributed by atoms with Gasteiger partial charge in [0.1, 0.15) is 5.75 Å². The number of hydrogen-bond acceptors (Lipinski definition) is 6. The van der Waals surface area contributed by atoms with E-state index in [1.165, 1.54) is 18.2 Å². The van der Waals surface area contributed by atoms with Crippen molar-refractivity contribution >= 4 is 21.6 Å². The normalized spacial score (nSPS) is 11.3. The van der Waals surface area contributed by atoms with Crippen molar-refractivity contribution < 1.29 is 17.9 Å². The molecule has 150 valence electrons. The Labute approximate surface area is 169 Å². The first-order valence-electron chi connectivity index (χ1n) is 8.82. The Morgan fingerprint density at radius 1 is 1.00 bits per heavy atom. The van der Waals surface area contributed by atoms with Crippen LogP contribution in [0, 0.1) is 0 Å². The Kier molecular flexibility index (Phi) is 6.20. The third-order valence-electron chi connectivity index (χ3n) is 3.66. The fourth-order valence-electron chi connectivity index (χ4n) is 2.44. The van der Waals surface area contributed by atoms with Gasteiger partial charge in [0.15, 0.2) is 0 Å². The predicted octanol–water partition coefficient (Wildman–Crippen LogP) is 3.21. The Morgan fingerprint density at radius 2 is 1.69 bits per heavy atom. The van der Waals surface area contributed by atoms with Gasteiger partial charge >= 0.3 is 6.01 Å². The molecule has 0 aliphatic rings. The first kappa shape index (κ1) is 20.4. The number of hydrogen-bond donors (Lipinski definition) is 2. The maximum atomic E-state index is 12.5. The van der Waals surface area contributed by atoms with Crippen LogP contribution >= 0.6 is 0 Å². The van der Waals surface area contributed by atoms with E-state index in [1.54, 1.807) is 62.6 Å². The van der Waals surface area contributed by atoms with Crippen LogP contribution < -0.4 is 14.8 Å². The molecule has 0 atom stereocenters. The Hall–Kier alpha value is -3.30. The molecule has 8 nitrogen and oxygen atoms in total. The van der Waals surface area contributed by atoms with Crippen LogP contribution in [0.2, 0.25) is 0 Å². The van der Waals surface area contributed by atoms with Crippen molar-refractivity contribution in [2.75, 3.05) is 5.32 Å². The number of ether oxygens (including phenoxy) is 1. The van der Waals surface area contributed by atoms with Crippen molar-refractivity contribution in [3.05, 3.63) is 72.6 Å². The molecule has 3 rings (SSSR count). The molecule has 3 aromatic rings. The summed E-state index contributed by atoms with van der Waals surface area (Å²) in [6.45, 7) is 3.46. The first-order chi connectivity index (χ1) is 13.8. The van der Waals surface area contributed by atoms with Crippen LogP contribution in [0.15, 0.2) is 71.9 Å². The smallest absolute Gasteiger partial charge is 0.321 e. The summed E-state index contributed by atoms with van der Waals surface area (Å²) in [6, 6.07) is 14.2. The first-order valence-corrected chi connectivity index (χ1v) is 10.3. The Bertz CT molecular complexity index is 1080. The van der Waals surface area contributed by atoms with E-state index in [4.69, 9.17) is 4.74 Å². The van der Waals surface area contributed by atoms with Gasteiger partial charge in [-0.1, -0.05) is 6.07 Å². The van der Waals surface area contributed by atoms with Gasteiger partial charge in [0.25, 0.3) is 5.91 Å². The van der Waals surface area contributed by atoms with Gasteiger partial charge in [-0.15, -0.1) is 0 Å². The second kappa shape index (κ2) is 8.80. The molecule has 0 bridgehead atoms. The van der Waals surface area contributed by atoms with Crippen molar-refractivity contribution in [1.29, 1.82) is 0 Å². The highest BCUT2D eigenvalue weighted by atomic mass is 32.2. The fraction of sp³-hybridized carbons (Fsp3) is 0.150. The Morgan fingerprint density at radius 3 is 2.34 bits per heavy atom. The molecule has 2 N–H and O–H groups in total. The molecule has 0 spiro atoms. The largest absolute Gasteiger partial charge is 0.424 e. The summed E-state index contributed by atoms with van der Waals surface area (Å²) in [5, 5.41) is 2.73. The second-order valence-corrected chi connectivity index (χ2v) is 8.13. The van der Waals surface area contributed by atoms with E-state index >= 15 is 0 Å². The number of carbonyl (C=O) groups is 1. The monoisotopic (exact) mass is 412 g/mol. The van der Waals surface area contributed by atoms with Crippen LogP contribution in [0.25, 0.3) is 0 Å². The average molecular weight is 412 g/mol. The van der Waals surface area contributed by atoms with Crippen LogP contribution in [0.1, 0.15) is 24.2 Å². The summed E-state index contributed by atoms with van der Waals surface area (Å²) in [7, 11) is -3.68. The standard InChI is InChI=1S/C20H20N4O4S/c1-14(2)24-29(26,27)18-6-3-5-15(13-18)19(25)23-16-7-9-17(10-8-16)28-20-21-11-4-12-22-20/h3-14,24H,1-2H3,(H,23,25). The number of amides is 1. The molecule has 1 aromatic heterocycles. The van der Waals surface area contributed by atoms with Crippen molar-refractivity contribution in [2.24, 2.45) is 0 Å². The number of carbonyl (C=O) groups excluding carboxylic acids is 1. The molecule has 29 heavy (non-hydrogen) atoms. The zero-order chi connectivity index (χ0) is 20.9. The van der Waals surface area contributed by atoms with Crippen LogP contribution in [0.5, 0.6) is 11.8 Å². The summed E-state index contributed by atoms with van der Waals surface area (Å²) in [6.07, 6.45) is 3.14. The summed E-state index contributed by atoms with van der Waals surface area (Å²) >= 11 is 0. The van der Waals surface area contributed by atoms with Gasteiger partial charge in [-0.05, 0) is 62.4 Å².